The van der Waals surface area contributed by atoms with Gasteiger partial charge >= 0.3 is 0 Å². The minimum Gasteiger partial charge on any atom is -0.394 e. The Hall–Kier alpha value is -0.860. The van der Waals surface area contributed by atoms with E-state index in [1.165, 1.54) is 56.9 Å². The van der Waals surface area contributed by atoms with Crippen LogP contribution >= 0.6 is 0 Å². The lowest BCUT2D eigenvalue weighted by atomic mass is 9.79. The number of benzene rings is 1. The molecule has 0 amide bonds. The van der Waals surface area contributed by atoms with Gasteiger partial charge in [0.15, 0.2) is 0 Å². The van der Waals surface area contributed by atoms with Gasteiger partial charge < -0.3 is 10.8 Å². The summed E-state index contributed by atoms with van der Waals surface area (Å²) in [4.78, 5) is 0. The van der Waals surface area contributed by atoms with Crippen molar-refractivity contribution in [2.24, 2.45) is 11.7 Å². The van der Waals surface area contributed by atoms with Crippen LogP contribution in [0.5, 0.6) is 0 Å². The van der Waals surface area contributed by atoms with Gasteiger partial charge in [-0.2, -0.15) is 0 Å². The van der Waals surface area contributed by atoms with Crippen LogP contribution in [-0.4, -0.2) is 17.3 Å². The van der Waals surface area contributed by atoms with Crippen LogP contribution < -0.4 is 5.73 Å². The molecule has 2 nitrogen and oxygen atoms in total. The third kappa shape index (κ3) is 4.21. The van der Waals surface area contributed by atoms with Crippen molar-refractivity contribution in [1.82, 2.24) is 0 Å². The maximum absolute atomic E-state index is 9.49. The molecule has 0 radical (unpaired) electrons. The molecule has 134 valence electrons. The molecular weight excluding hydrogens is 294 g/mol. The maximum atomic E-state index is 9.49. The van der Waals surface area contributed by atoms with Crippen molar-refractivity contribution in [2.75, 3.05) is 6.61 Å². The van der Waals surface area contributed by atoms with Crippen LogP contribution in [0.15, 0.2) is 18.2 Å². The zero-order valence-electron chi connectivity index (χ0n) is 15.4. The number of hydrogen-bond acceptors (Lipinski definition) is 2. The van der Waals surface area contributed by atoms with E-state index in [1.54, 1.807) is 11.1 Å². The average Bonchev–Trinajstić information content (AvgIpc) is 3.01. The van der Waals surface area contributed by atoms with Crippen molar-refractivity contribution in [3.63, 3.8) is 0 Å². The van der Waals surface area contributed by atoms with Gasteiger partial charge in [-0.15, -0.1) is 0 Å². The molecule has 2 unspecified atom stereocenters. The van der Waals surface area contributed by atoms with E-state index in [0.29, 0.717) is 5.92 Å². The Balaban J connectivity index is 1.58. The van der Waals surface area contributed by atoms with E-state index < -0.39 is 0 Å². The molecule has 0 aliphatic heterocycles. The minimum absolute atomic E-state index is 0.119. The summed E-state index contributed by atoms with van der Waals surface area (Å²) in [5.41, 5.74) is 10.5. The smallest absolute Gasteiger partial charge is 0.0611 e. The minimum atomic E-state index is -0.343. The summed E-state index contributed by atoms with van der Waals surface area (Å²) < 4.78 is 0. The van der Waals surface area contributed by atoms with E-state index in [0.717, 1.165) is 25.2 Å². The van der Waals surface area contributed by atoms with Crippen LogP contribution in [0, 0.1) is 5.92 Å². The molecule has 24 heavy (non-hydrogen) atoms. The number of aryl methyl sites for hydroxylation is 1. The molecule has 2 aliphatic carbocycles. The van der Waals surface area contributed by atoms with E-state index in [2.05, 4.69) is 25.1 Å². The summed E-state index contributed by atoms with van der Waals surface area (Å²) in [6, 6.07) is 7.18. The zero-order valence-corrected chi connectivity index (χ0v) is 15.4. The molecule has 0 bridgehead atoms. The molecular formula is C22H35NO. The van der Waals surface area contributed by atoms with Gasteiger partial charge in [-0.05, 0) is 67.1 Å². The first-order chi connectivity index (χ1) is 11.6. The summed E-state index contributed by atoms with van der Waals surface area (Å²) in [5.74, 6) is 1.44. The van der Waals surface area contributed by atoms with E-state index >= 15 is 0 Å². The van der Waals surface area contributed by atoms with Gasteiger partial charge in [0, 0.05) is 5.54 Å². The number of fused-ring (bicyclic) bond motifs is 1. The third-order valence-corrected chi connectivity index (χ3v) is 6.46. The van der Waals surface area contributed by atoms with Crippen molar-refractivity contribution in [3.05, 3.63) is 34.9 Å². The van der Waals surface area contributed by atoms with Crippen LogP contribution in [0.3, 0.4) is 0 Å². The highest BCUT2D eigenvalue weighted by Crippen LogP contribution is 2.40. The number of nitrogens with two attached hydrogens (primary N) is 1. The van der Waals surface area contributed by atoms with E-state index in [9.17, 15) is 5.11 Å². The molecule has 1 aromatic carbocycles. The standard InChI is InChI=1S/C22H35NO/c1-2-3-4-5-6-17-7-8-19-14-20(10-9-18(19)13-17)21-11-12-22(23,15-21)16-24/h9-10,14,17,21,24H,2-8,11-13,15-16,23H2,1H3/t17?,21?,22-/m1/s1. The van der Waals surface area contributed by atoms with E-state index in [1.807, 2.05) is 0 Å². The second-order valence-electron chi connectivity index (χ2n) is 8.45. The van der Waals surface area contributed by atoms with Crippen LogP contribution in [0.1, 0.15) is 87.3 Å². The average molecular weight is 330 g/mol. The molecule has 3 rings (SSSR count). The molecule has 0 aromatic heterocycles. The fourth-order valence-electron chi connectivity index (χ4n) is 4.80. The van der Waals surface area contributed by atoms with Crippen molar-refractivity contribution < 1.29 is 5.11 Å². The summed E-state index contributed by atoms with van der Waals surface area (Å²) >= 11 is 0. The Kier molecular flexibility index (Phi) is 5.99. The highest BCUT2D eigenvalue weighted by molar-refractivity contribution is 5.36. The van der Waals surface area contributed by atoms with Crippen LogP contribution in [0.4, 0.5) is 0 Å². The predicted octanol–water partition coefficient (Wildman–Crippen LogP) is 4.72. The normalized spacial score (nSPS) is 29.6. The highest BCUT2D eigenvalue weighted by Gasteiger charge is 2.36. The SMILES string of the molecule is CCCCCCC1CCc2cc(C3CC[C@](N)(CO)C3)ccc2C1. The fraction of sp³-hybridized carbons (Fsp3) is 0.727. The fourth-order valence-corrected chi connectivity index (χ4v) is 4.80. The highest BCUT2D eigenvalue weighted by atomic mass is 16.3. The first-order valence-corrected chi connectivity index (χ1v) is 10.1. The second-order valence-corrected chi connectivity index (χ2v) is 8.45. The lowest BCUT2D eigenvalue weighted by Crippen LogP contribution is -2.40. The van der Waals surface area contributed by atoms with Crippen molar-refractivity contribution in [2.45, 2.75) is 89.0 Å². The molecule has 1 aromatic rings. The molecule has 0 saturated heterocycles. The van der Waals surface area contributed by atoms with Crippen LogP contribution in [-0.2, 0) is 12.8 Å². The Morgan fingerprint density at radius 2 is 2.04 bits per heavy atom. The van der Waals surface area contributed by atoms with Crippen LogP contribution in [0.25, 0.3) is 0 Å². The van der Waals surface area contributed by atoms with Gasteiger partial charge in [0.25, 0.3) is 0 Å². The van der Waals surface area contributed by atoms with Crippen molar-refractivity contribution in [3.8, 4) is 0 Å². The molecule has 0 spiro atoms. The summed E-state index contributed by atoms with van der Waals surface area (Å²) in [5, 5.41) is 9.49. The van der Waals surface area contributed by atoms with Gasteiger partial charge in [-0.1, -0.05) is 57.2 Å². The lowest BCUT2D eigenvalue weighted by Gasteiger charge is -2.26. The second kappa shape index (κ2) is 8.01. The first kappa shape index (κ1) is 17.9. The monoisotopic (exact) mass is 329 g/mol. The molecule has 3 atom stereocenters. The number of hydrogen-bond donors (Lipinski definition) is 2. The van der Waals surface area contributed by atoms with E-state index in [4.69, 9.17) is 5.73 Å². The molecule has 0 heterocycles. The topological polar surface area (TPSA) is 46.2 Å². The Morgan fingerprint density at radius 1 is 1.17 bits per heavy atom. The Bertz CT molecular complexity index is 541. The number of aliphatic hydroxyl groups is 1. The molecule has 1 saturated carbocycles. The molecule has 3 N–H and O–H groups in total. The van der Waals surface area contributed by atoms with Gasteiger partial charge in [0.2, 0.25) is 0 Å². The Morgan fingerprint density at radius 3 is 2.79 bits per heavy atom. The van der Waals surface area contributed by atoms with Gasteiger partial charge in [0.1, 0.15) is 0 Å². The summed E-state index contributed by atoms with van der Waals surface area (Å²) in [7, 11) is 0. The van der Waals surface area contributed by atoms with Crippen LogP contribution in [0.2, 0.25) is 0 Å². The Labute approximate surface area is 147 Å². The van der Waals surface area contributed by atoms with Gasteiger partial charge in [-0.25, -0.2) is 0 Å². The molecule has 2 heteroatoms. The predicted molar refractivity (Wildman–Crippen MR) is 101 cm³/mol. The van der Waals surface area contributed by atoms with Gasteiger partial charge in [-0.3, -0.25) is 0 Å². The van der Waals surface area contributed by atoms with E-state index in [-0.39, 0.29) is 12.1 Å². The summed E-state index contributed by atoms with van der Waals surface area (Å²) in [6.07, 6.45) is 13.9. The number of rotatable bonds is 7. The first-order valence-electron chi connectivity index (χ1n) is 10.1. The van der Waals surface area contributed by atoms with Gasteiger partial charge in [0.05, 0.1) is 6.61 Å². The maximum Gasteiger partial charge on any atom is 0.0611 e. The quantitative estimate of drug-likeness (QED) is 0.711. The molecule has 2 aliphatic rings. The molecule has 1 fully saturated rings. The number of unbranched alkanes of at least 4 members (excludes halogenated alkanes) is 3. The van der Waals surface area contributed by atoms with Crippen molar-refractivity contribution in [1.29, 1.82) is 0 Å². The lowest BCUT2D eigenvalue weighted by molar-refractivity contribution is 0.198. The third-order valence-electron chi connectivity index (χ3n) is 6.46. The number of aliphatic hydroxyl groups excluding tert-OH is 1. The summed E-state index contributed by atoms with van der Waals surface area (Å²) in [6.45, 7) is 2.40. The van der Waals surface area contributed by atoms with Crippen molar-refractivity contribution >= 4 is 0 Å². The largest absolute Gasteiger partial charge is 0.394 e. The zero-order chi connectivity index (χ0) is 17.0.